The van der Waals surface area contributed by atoms with Gasteiger partial charge in [-0.2, -0.15) is 9.97 Å². The summed E-state index contributed by atoms with van der Waals surface area (Å²) in [5.41, 5.74) is 0. The summed E-state index contributed by atoms with van der Waals surface area (Å²) in [6.07, 6.45) is 5.80. The van der Waals surface area contributed by atoms with E-state index in [1.807, 2.05) is 0 Å². The van der Waals surface area contributed by atoms with Crippen molar-refractivity contribution in [2.24, 2.45) is 5.92 Å². The fraction of sp³-hybridized carbons (Fsp3) is 0.500. The van der Waals surface area contributed by atoms with Gasteiger partial charge in [-0.25, -0.2) is 4.79 Å². The minimum Gasteiger partial charge on any atom is -0.481 e. The molecule has 1 heterocycles. The zero-order chi connectivity index (χ0) is 15.2. The Balaban J connectivity index is 2.21. The van der Waals surface area contributed by atoms with E-state index >= 15 is 0 Å². The van der Waals surface area contributed by atoms with E-state index in [9.17, 15) is 9.90 Å². The van der Waals surface area contributed by atoms with Crippen molar-refractivity contribution in [3.63, 3.8) is 0 Å². The number of ether oxygens (including phenoxy) is 3. The Labute approximate surface area is 122 Å². The molecule has 7 nitrogen and oxygen atoms in total. The second-order valence-electron chi connectivity index (χ2n) is 4.72. The standard InChI is InChI=1S/C14H18N2O5/c1-19-11-8-12(20-2)16-14(15-11)21-10(13(17)18)7-9-5-3-4-6-9/h7-9H,3-6H2,1-2H3,(H,17,18). The molecule has 7 heteroatoms. The third-order valence-electron chi connectivity index (χ3n) is 3.28. The molecule has 0 bridgehead atoms. The molecule has 1 aromatic heterocycles. The van der Waals surface area contributed by atoms with Crippen LogP contribution in [-0.4, -0.2) is 35.3 Å². The van der Waals surface area contributed by atoms with Crippen molar-refractivity contribution in [2.45, 2.75) is 25.7 Å². The minimum atomic E-state index is -1.15. The highest BCUT2D eigenvalue weighted by Gasteiger charge is 2.19. The Hall–Kier alpha value is -2.31. The van der Waals surface area contributed by atoms with Gasteiger partial charge in [0, 0.05) is 0 Å². The quantitative estimate of drug-likeness (QED) is 0.634. The van der Waals surface area contributed by atoms with Crippen LogP contribution in [0.4, 0.5) is 0 Å². The molecule has 1 aliphatic rings. The van der Waals surface area contributed by atoms with Gasteiger partial charge in [0.25, 0.3) is 0 Å². The summed E-state index contributed by atoms with van der Waals surface area (Å²) in [5, 5.41) is 9.24. The SMILES string of the molecule is COc1cc(OC)nc(OC(=CC2CCCC2)C(=O)O)n1. The number of methoxy groups -OCH3 is 2. The lowest BCUT2D eigenvalue weighted by atomic mass is 10.1. The van der Waals surface area contributed by atoms with Gasteiger partial charge in [0.05, 0.1) is 20.3 Å². The second kappa shape index (κ2) is 6.92. The molecular formula is C14H18N2O5. The van der Waals surface area contributed by atoms with Crippen molar-refractivity contribution in [1.82, 2.24) is 9.97 Å². The molecule has 1 N–H and O–H groups in total. The monoisotopic (exact) mass is 294 g/mol. The van der Waals surface area contributed by atoms with Crippen LogP contribution in [0.25, 0.3) is 0 Å². The first kappa shape index (κ1) is 15.1. The zero-order valence-electron chi connectivity index (χ0n) is 12.0. The van der Waals surface area contributed by atoms with Crippen molar-refractivity contribution < 1.29 is 24.1 Å². The normalized spacial score (nSPS) is 15.8. The fourth-order valence-corrected chi connectivity index (χ4v) is 2.22. The molecule has 1 aliphatic carbocycles. The molecule has 0 spiro atoms. The molecule has 0 atom stereocenters. The van der Waals surface area contributed by atoms with Gasteiger partial charge in [0.1, 0.15) is 0 Å². The Bertz CT molecular complexity index is 516. The number of aromatic nitrogens is 2. The predicted molar refractivity (Wildman–Crippen MR) is 73.4 cm³/mol. The molecule has 114 valence electrons. The highest BCUT2D eigenvalue weighted by molar-refractivity contribution is 5.84. The molecule has 0 aliphatic heterocycles. The number of aliphatic carboxylic acids is 1. The van der Waals surface area contributed by atoms with Crippen LogP contribution >= 0.6 is 0 Å². The summed E-state index contributed by atoms with van der Waals surface area (Å²) >= 11 is 0. The van der Waals surface area contributed by atoms with Crippen LogP contribution in [0.15, 0.2) is 17.9 Å². The molecule has 0 saturated heterocycles. The zero-order valence-corrected chi connectivity index (χ0v) is 12.0. The number of carbonyl (C=O) groups is 1. The lowest BCUT2D eigenvalue weighted by Gasteiger charge is -2.09. The van der Waals surface area contributed by atoms with E-state index in [4.69, 9.17) is 14.2 Å². The van der Waals surface area contributed by atoms with Crippen molar-refractivity contribution in [1.29, 1.82) is 0 Å². The number of hydrogen-bond donors (Lipinski definition) is 1. The van der Waals surface area contributed by atoms with Gasteiger partial charge in [0.15, 0.2) is 0 Å². The Morgan fingerprint density at radius 3 is 2.29 bits per heavy atom. The second-order valence-corrected chi connectivity index (χ2v) is 4.72. The summed E-state index contributed by atoms with van der Waals surface area (Å²) in [4.78, 5) is 19.2. The summed E-state index contributed by atoms with van der Waals surface area (Å²) in [5.74, 6) is -0.613. The molecular weight excluding hydrogens is 276 g/mol. The lowest BCUT2D eigenvalue weighted by Crippen LogP contribution is -2.11. The number of hydrogen-bond acceptors (Lipinski definition) is 6. The van der Waals surface area contributed by atoms with Crippen molar-refractivity contribution >= 4 is 5.97 Å². The van der Waals surface area contributed by atoms with E-state index < -0.39 is 5.97 Å². The number of allylic oxidation sites excluding steroid dienone is 1. The maximum atomic E-state index is 11.3. The summed E-state index contributed by atoms with van der Waals surface area (Å²) < 4.78 is 15.3. The lowest BCUT2D eigenvalue weighted by molar-refractivity contribution is -0.135. The van der Waals surface area contributed by atoms with E-state index in [1.165, 1.54) is 20.3 Å². The molecule has 21 heavy (non-hydrogen) atoms. The maximum Gasteiger partial charge on any atom is 0.371 e. The van der Waals surface area contributed by atoms with Crippen LogP contribution in [-0.2, 0) is 4.79 Å². The van der Waals surface area contributed by atoms with E-state index in [1.54, 1.807) is 6.08 Å². The highest BCUT2D eigenvalue weighted by Crippen LogP contribution is 2.27. The topological polar surface area (TPSA) is 90.8 Å². The van der Waals surface area contributed by atoms with Gasteiger partial charge >= 0.3 is 12.0 Å². The fourth-order valence-electron chi connectivity index (χ4n) is 2.22. The first-order chi connectivity index (χ1) is 10.1. The van der Waals surface area contributed by atoms with Crippen LogP contribution in [0.3, 0.4) is 0 Å². The number of carboxylic acid groups (broad SMARTS) is 1. The maximum absolute atomic E-state index is 11.3. The van der Waals surface area contributed by atoms with E-state index in [-0.39, 0.29) is 29.4 Å². The van der Waals surface area contributed by atoms with E-state index in [0.29, 0.717) is 0 Å². The largest absolute Gasteiger partial charge is 0.481 e. The minimum absolute atomic E-state index is 0.113. The predicted octanol–water partition coefficient (Wildman–Crippen LogP) is 2.03. The van der Waals surface area contributed by atoms with Gasteiger partial charge in [-0.15, -0.1) is 0 Å². The van der Waals surface area contributed by atoms with Crippen LogP contribution in [0.1, 0.15) is 25.7 Å². The Morgan fingerprint density at radius 1 is 1.24 bits per heavy atom. The highest BCUT2D eigenvalue weighted by atomic mass is 16.5. The van der Waals surface area contributed by atoms with Gasteiger partial charge in [-0.05, 0) is 24.8 Å². The molecule has 1 aromatic rings. The van der Waals surface area contributed by atoms with E-state index in [2.05, 4.69) is 9.97 Å². The average molecular weight is 294 g/mol. The molecule has 1 fully saturated rings. The smallest absolute Gasteiger partial charge is 0.371 e. The molecule has 0 amide bonds. The van der Waals surface area contributed by atoms with Crippen molar-refractivity contribution in [3.8, 4) is 17.8 Å². The number of carboxylic acids is 1. The van der Waals surface area contributed by atoms with E-state index in [0.717, 1.165) is 25.7 Å². The Kier molecular flexibility index (Phi) is 4.97. The molecule has 1 saturated carbocycles. The molecule has 0 unspecified atom stereocenters. The third kappa shape index (κ3) is 4.08. The first-order valence-corrected chi connectivity index (χ1v) is 6.72. The van der Waals surface area contributed by atoms with Gasteiger partial charge in [-0.1, -0.05) is 12.8 Å². The summed E-state index contributed by atoms with van der Waals surface area (Å²) in [6, 6.07) is 1.37. The van der Waals surface area contributed by atoms with Gasteiger partial charge in [0.2, 0.25) is 17.5 Å². The van der Waals surface area contributed by atoms with Gasteiger partial charge < -0.3 is 19.3 Å². The molecule has 0 radical (unpaired) electrons. The third-order valence-corrected chi connectivity index (χ3v) is 3.28. The molecule has 2 rings (SSSR count). The number of rotatable bonds is 6. The average Bonchev–Trinajstić information content (AvgIpc) is 2.99. The van der Waals surface area contributed by atoms with Crippen molar-refractivity contribution in [2.75, 3.05) is 14.2 Å². The summed E-state index contributed by atoms with van der Waals surface area (Å²) in [6.45, 7) is 0. The summed E-state index contributed by atoms with van der Waals surface area (Å²) in [7, 11) is 2.88. The van der Waals surface area contributed by atoms with Crippen LogP contribution < -0.4 is 14.2 Å². The first-order valence-electron chi connectivity index (χ1n) is 6.72. The van der Waals surface area contributed by atoms with Crippen LogP contribution in [0, 0.1) is 5.92 Å². The molecule has 0 aromatic carbocycles. The Morgan fingerprint density at radius 2 is 1.81 bits per heavy atom. The van der Waals surface area contributed by atoms with Crippen LogP contribution in [0.2, 0.25) is 0 Å². The van der Waals surface area contributed by atoms with Crippen molar-refractivity contribution in [3.05, 3.63) is 17.9 Å². The van der Waals surface area contributed by atoms with Gasteiger partial charge in [-0.3, -0.25) is 0 Å². The van der Waals surface area contributed by atoms with Crippen LogP contribution in [0.5, 0.6) is 17.8 Å². The number of nitrogens with zero attached hydrogens (tertiary/aromatic N) is 2.